The van der Waals surface area contributed by atoms with Gasteiger partial charge in [-0.05, 0) is 17.7 Å². The minimum Gasteiger partial charge on any atom is -0.350 e. The van der Waals surface area contributed by atoms with Crippen LogP contribution in [0.4, 0.5) is 0 Å². The van der Waals surface area contributed by atoms with E-state index in [4.69, 9.17) is 9.47 Å². The molecular formula is C21H23N3O3. The summed E-state index contributed by atoms with van der Waals surface area (Å²) >= 11 is 0. The van der Waals surface area contributed by atoms with Crippen LogP contribution in [0, 0.1) is 0 Å². The number of nitrogens with one attached hydrogen (secondary N) is 1. The van der Waals surface area contributed by atoms with Crippen LogP contribution in [0.3, 0.4) is 0 Å². The molecule has 0 unspecified atom stereocenters. The Labute approximate surface area is 158 Å². The molecule has 6 heteroatoms. The van der Waals surface area contributed by atoms with Crippen molar-refractivity contribution in [3.63, 3.8) is 0 Å². The van der Waals surface area contributed by atoms with E-state index < -0.39 is 0 Å². The topological polar surface area (TPSA) is 65.4 Å². The molecule has 1 aliphatic rings. The predicted molar refractivity (Wildman–Crippen MR) is 102 cm³/mol. The number of aromatic nitrogens is 2. The molecule has 1 fully saturated rings. The van der Waals surface area contributed by atoms with Crippen molar-refractivity contribution < 1.29 is 14.3 Å². The van der Waals surface area contributed by atoms with E-state index in [2.05, 4.69) is 17.2 Å². The average Bonchev–Trinajstić information content (AvgIpc) is 3.35. The lowest BCUT2D eigenvalue weighted by molar-refractivity contribution is -0.121. The van der Waals surface area contributed by atoms with E-state index in [9.17, 15) is 4.79 Å². The molecule has 1 saturated heterocycles. The van der Waals surface area contributed by atoms with Crippen molar-refractivity contribution in [3.05, 3.63) is 65.5 Å². The fraction of sp³-hybridized carbons (Fsp3) is 0.333. The van der Waals surface area contributed by atoms with E-state index in [0.717, 1.165) is 34.4 Å². The fourth-order valence-corrected chi connectivity index (χ4v) is 3.32. The first-order valence-electron chi connectivity index (χ1n) is 9.27. The predicted octanol–water partition coefficient (Wildman–Crippen LogP) is 2.96. The minimum atomic E-state index is -0.268. The zero-order valence-corrected chi connectivity index (χ0v) is 15.4. The molecule has 4 rings (SSSR count). The Morgan fingerprint density at radius 3 is 2.63 bits per heavy atom. The van der Waals surface area contributed by atoms with E-state index in [0.29, 0.717) is 19.8 Å². The maximum atomic E-state index is 12.5. The third kappa shape index (κ3) is 3.86. The highest BCUT2D eigenvalue weighted by Gasteiger charge is 2.18. The van der Waals surface area contributed by atoms with Gasteiger partial charge in [-0.1, -0.05) is 43.3 Å². The number of para-hydroxylation sites is 2. The molecule has 27 heavy (non-hydrogen) atoms. The molecule has 1 aliphatic heterocycles. The molecule has 0 atom stereocenters. The van der Waals surface area contributed by atoms with E-state index >= 15 is 0 Å². The zero-order chi connectivity index (χ0) is 18.6. The molecule has 1 amide bonds. The maximum Gasteiger partial charge on any atom is 0.240 e. The lowest BCUT2D eigenvalue weighted by Crippen LogP contribution is -2.27. The summed E-state index contributed by atoms with van der Waals surface area (Å²) in [5.74, 6) is 0.895. The summed E-state index contributed by atoms with van der Waals surface area (Å²) in [6.45, 7) is 4.07. The van der Waals surface area contributed by atoms with Gasteiger partial charge in [-0.25, -0.2) is 4.98 Å². The normalized spacial score (nSPS) is 14.7. The Balaban J connectivity index is 1.38. The molecular weight excluding hydrogens is 342 g/mol. The SMILES string of the molecule is CCc1nc2ccccc2n1CC(=O)NCc1ccc(C2OCCO2)cc1. The number of amides is 1. The van der Waals surface area contributed by atoms with Gasteiger partial charge in [0.1, 0.15) is 12.4 Å². The summed E-state index contributed by atoms with van der Waals surface area (Å²) in [6, 6.07) is 15.9. The van der Waals surface area contributed by atoms with Gasteiger partial charge in [0.15, 0.2) is 6.29 Å². The fourth-order valence-electron chi connectivity index (χ4n) is 3.32. The molecule has 2 aromatic carbocycles. The lowest BCUT2D eigenvalue weighted by Gasteiger charge is -2.11. The average molecular weight is 365 g/mol. The molecule has 140 valence electrons. The number of hydrogen-bond donors (Lipinski definition) is 1. The van der Waals surface area contributed by atoms with Crippen molar-refractivity contribution >= 4 is 16.9 Å². The first-order chi connectivity index (χ1) is 13.2. The quantitative estimate of drug-likeness (QED) is 0.729. The number of nitrogens with zero attached hydrogens (tertiary/aromatic N) is 2. The number of fused-ring (bicyclic) bond motifs is 1. The summed E-state index contributed by atoms with van der Waals surface area (Å²) in [7, 11) is 0. The Bertz CT molecular complexity index is 927. The summed E-state index contributed by atoms with van der Waals surface area (Å²) in [5, 5.41) is 2.99. The first kappa shape index (κ1) is 17.7. The Morgan fingerprint density at radius 1 is 1.15 bits per heavy atom. The molecule has 2 heterocycles. The number of hydrogen-bond acceptors (Lipinski definition) is 4. The Hall–Kier alpha value is -2.70. The van der Waals surface area contributed by atoms with Crippen molar-refractivity contribution in [2.24, 2.45) is 0 Å². The summed E-state index contributed by atoms with van der Waals surface area (Å²) in [5.41, 5.74) is 3.95. The van der Waals surface area contributed by atoms with Gasteiger partial charge in [-0.2, -0.15) is 0 Å². The molecule has 3 aromatic rings. The summed E-state index contributed by atoms with van der Waals surface area (Å²) in [6.07, 6.45) is 0.519. The van der Waals surface area contributed by atoms with Crippen LogP contribution in [-0.4, -0.2) is 28.7 Å². The standard InChI is InChI=1S/C21H23N3O3/c1-2-19-23-17-5-3-4-6-18(17)24(19)14-20(25)22-13-15-7-9-16(10-8-15)21-26-11-12-27-21/h3-10,21H,2,11-14H2,1H3,(H,22,25). The number of benzene rings is 2. The minimum absolute atomic E-state index is 0.0283. The molecule has 1 N–H and O–H groups in total. The van der Waals surface area contributed by atoms with Gasteiger partial charge in [0.05, 0.1) is 24.2 Å². The van der Waals surface area contributed by atoms with Crippen LogP contribution >= 0.6 is 0 Å². The molecule has 0 radical (unpaired) electrons. The van der Waals surface area contributed by atoms with E-state index in [1.807, 2.05) is 53.1 Å². The summed E-state index contributed by atoms with van der Waals surface area (Å²) < 4.78 is 13.0. The van der Waals surface area contributed by atoms with Crippen LogP contribution in [0.5, 0.6) is 0 Å². The highest BCUT2D eigenvalue weighted by Crippen LogP contribution is 2.23. The van der Waals surface area contributed by atoms with Crippen LogP contribution in [0.25, 0.3) is 11.0 Å². The molecule has 0 aliphatic carbocycles. The second kappa shape index (κ2) is 7.90. The van der Waals surface area contributed by atoms with Gasteiger partial charge >= 0.3 is 0 Å². The number of carbonyl (C=O) groups is 1. The van der Waals surface area contributed by atoms with E-state index in [-0.39, 0.29) is 18.7 Å². The number of ether oxygens (including phenoxy) is 2. The highest BCUT2D eigenvalue weighted by molar-refractivity contribution is 5.81. The smallest absolute Gasteiger partial charge is 0.240 e. The van der Waals surface area contributed by atoms with Gasteiger partial charge in [0.2, 0.25) is 5.91 Å². The van der Waals surface area contributed by atoms with Crippen LogP contribution < -0.4 is 5.32 Å². The first-order valence-corrected chi connectivity index (χ1v) is 9.27. The summed E-state index contributed by atoms with van der Waals surface area (Å²) in [4.78, 5) is 17.1. The van der Waals surface area contributed by atoms with Crippen LogP contribution in [0.1, 0.15) is 30.2 Å². The van der Waals surface area contributed by atoms with E-state index in [1.165, 1.54) is 0 Å². The van der Waals surface area contributed by atoms with Gasteiger partial charge in [-0.15, -0.1) is 0 Å². The molecule has 0 saturated carbocycles. The number of rotatable bonds is 6. The van der Waals surface area contributed by atoms with E-state index in [1.54, 1.807) is 0 Å². The number of carbonyl (C=O) groups excluding carboxylic acids is 1. The number of imidazole rings is 1. The van der Waals surface area contributed by atoms with Crippen molar-refractivity contribution in [2.45, 2.75) is 32.7 Å². The van der Waals surface area contributed by atoms with Crippen LogP contribution in [0.2, 0.25) is 0 Å². The van der Waals surface area contributed by atoms with Gasteiger partial charge in [-0.3, -0.25) is 4.79 Å². The van der Waals surface area contributed by atoms with Crippen molar-refractivity contribution in [1.82, 2.24) is 14.9 Å². The largest absolute Gasteiger partial charge is 0.350 e. The Morgan fingerprint density at radius 2 is 1.89 bits per heavy atom. The van der Waals surface area contributed by atoms with Crippen molar-refractivity contribution in [1.29, 1.82) is 0 Å². The number of aryl methyl sites for hydroxylation is 1. The Kier molecular flexibility index (Phi) is 5.18. The lowest BCUT2D eigenvalue weighted by atomic mass is 10.1. The van der Waals surface area contributed by atoms with Gasteiger partial charge in [0.25, 0.3) is 0 Å². The molecule has 6 nitrogen and oxygen atoms in total. The van der Waals surface area contributed by atoms with Crippen LogP contribution in [-0.2, 0) is 33.8 Å². The van der Waals surface area contributed by atoms with Crippen LogP contribution in [0.15, 0.2) is 48.5 Å². The maximum absolute atomic E-state index is 12.5. The molecule has 0 bridgehead atoms. The second-order valence-electron chi connectivity index (χ2n) is 6.55. The molecule has 1 aromatic heterocycles. The molecule has 0 spiro atoms. The van der Waals surface area contributed by atoms with Crippen molar-refractivity contribution in [2.75, 3.05) is 13.2 Å². The highest BCUT2D eigenvalue weighted by atomic mass is 16.7. The van der Waals surface area contributed by atoms with Crippen molar-refractivity contribution in [3.8, 4) is 0 Å². The third-order valence-electron chi connectivity index (χ3n) is 4.71. The van der Waals surface area contributed by atoms with Gasteiger partial charge in [0, 0.05) is 18.5 Å². The zero-order valence-electron chi connectivity index (χ0n) is 15.4. The third-order valence-corrected chi connectivity index (χ3v) is 4.71. The van der Waals surface area contributed by atoms with Gasteiger partial charge < -0.3 is 19.4 Å². The second-order valence-corrected chi connectivity index (χ2v) is 6.55. The monoisotopic (exact) mass is 365 g/mol.